The van der Waals surface area contributed by atoms with Gasteiger partial charge in [-0.3, -0.25) is 0 Å². The molecule has 0 aliphatic heterocycles. The first-order valence-electron chi connectivity index (χ1n) is 6.34. The second-order valence-electron chi connectivity index (χ2n) is 4.61. The molecule has 2 aromatic rings. The predicted molar refractivity (Wildman–Crippen MR) is 80.9 cm³/mol. The van der Waals surface area contributed by atoms with Crippen molar-refractivity contribution in [2.75, 3.05) is 31.4 Å². The van der Waals surface area contributed by atoms with Crippen molar-refractivity contribution in [1.29, 1.82) is 0 Å². The predicted octanol–water partition coefficient (Wildman–Crippen LogP) is 2.31. The molecule has 0 saturated heterocycles. The molecular weight excluding hydrogens is 260 g/mol. The summed E-state index contributed by atoms with van der Waals surface area (Å²) in [5.41, 5.74) is 5.81. The first kappa shape index (κ1) is 14.0. The highest BCUT2D eigenvalue weighted by molar-refractivity contribution is 7.18. The number of ether oxygens (including phenoxy) is 1. The Labute approximate surface area is 117 Å². The van der Waals surface area contributed by atoms with Gasteiger partial charge in [0, 0.05) is 19.0 Å². The van der Waals surface area contributed by atoms with Gasteiger partial charge in [0.05, 0.1) is 18.0 Å². The maximum Gasteiger partial charge on any atom is 0.223 e. The average Bonchev–Trinajstić information content (AvgIpc) is 2.79. The van der Waals surface area contributed by atoms with Gasteiger partial charge in [-0.1, -0.05) is 6.92 Å². The topological polar surface area (TPSA) is 64.3 Å². The van der Waals surface area contributed by atoms with Crippen molar-refractivity contribution < 1.29 is 4.74 Å². The fraction of sp³-hybridized carbons (Fsp3) is 0.538. The molecule has 0 aliphatic carbocycles. The molecule has 0 bridgehead atoms. The normalized spacial score (nSPS) is 12.8. The Morgan fingerprint density at radius 2 is 2.21 bits per heavy atom. The summed E-state index contributed by atoms with van der Waals surface area (Å²) in [4.78, 5) is 13.1. The van der Waals surface area contributed by atoms with Gasteiger partial charge in [0.25, 0.3) is 0 Å². The number of hydrogen-bond donors (Lipinski definition) is 1. The number of likely N-dealkylation sites (N-methyl/N-ethyl adjacent to an activating group) is 1. The quantitative estimate of drug-likeness (QED) is 0.910. The van der Waals surface area contributed by atoms with Crippen molar-refractivity contribution in [3.63, 3.8) is 0 Å². The maximum absolute atomic E-state index is 5.81. The van der Waals surface area contributed by atoms with Crippen LogP contribution in [-0.2, 0) is 11.2 Å². The van der Waals surface area contributed by atoms with Crippen LogP contribution in [0.5, 0.6) is 0 Å². The van der Waals surface area contributed by atoms with Crippen LogP contribution in [0, 0.1) is 0 Å². The van der Waals surface area contributed by atoms with Crippen LogP contribution < -0.4 is 10.6 Å². The van der Waals surface area contributed by atoms with E-state index in [0.29, 0.717) is 12.6 Å². The van der Waals surface area contributed by atoms with E-state index in [9.17, 15) is 0 Å². The van der Waals surface area contributed by atoms with Crippen LogP contribution in [0.1, 0.15) is 18.7 Å². The van der Waals surface area contributed by atoms with Gasteiger partial charge in [-0.15, -0.1) is 11.3 Å². The number of aryl methyl sites for hydroxylation is 1. The van der Waals surface area contributed by atoms with E-state index < -0.39 is 0 Å². The zero-order chi connectivity index (χ0) is 14.0. The van der Waals surface area contributed by atoms with E-state index in [0.717, 1.165) is 22.5 Å². The smallest absolute Gasteiger partial charge is 0.223 e. The van der Waals surface area contributed by atoms with Gasteiger partial charge in [-0.2, -0.15) is 4.98 Å². The Morgan fingerprint density at radius 3 is 2.84 bits per heavy atom. The van der Waals surface area contributed by atoms with E-state index in [1.165, 1.54) is 4.88 Å². The number of aromatic nitrogens is 2. The molecule has 0 fully saturated rings. The Balaban J connectivity index is 2.48. The number of thiophene rings is 1. The third kappa shape index (κ3) is 2.79. The SMILES string of the molecule is CCc1cc2c(N(C)C(C)COC)nc(N)nc2s1. The standard InChI is InChI=1S/C13H20N4OS/c1-5-9-6-10-11(17(3)8(2)7-18-4)15-13(14)16-12(10)19-9/h6,8H,5,7H2,1-4H3,(H2,14,15,16). The van der Waals surface area contributed by atoms with E-state index in [2.05, 4.69) is 34.8 Å². The lowest BCUT2D eigenvalue weighted by Crippen LogP contribution is -2.33. The highest BCUT2D eigenvalue weighted by Gasteiger charge is 2.17. The molecule has 104 valence electrons. The summed E-state index contributed by atoms with van der Waals surface area (Å²) in [5.74, 6) is 1.20. The number of nitrogens with zero attached hydrogens (tertiary/aromatic N) is 3. The molecule has 0 amide bonds. The summed E-state index contributed by atoms with van der Waals surface area (Å²) in [6.07, 6.45) is 0.998. The molecule has 2 heterocycles. The van der Waals surface area contributed by atoms with Crippen LogP contribution in [0.3, 0.4) is 0 Å². The molecule has 6 heteroatoms. The van der Waals surface area contributed by atoms with E-state index in [-0.39, 0.29) is 6.04 Å². The van der Waals surface area contributed by atoms with Gasteiger partial charge in [-0.25, -0.2) is 4.98 Å². The van der Waals surface area contributed by atoms with Crippen molar-refractivity contribution in [3.8, 4) is 0 Å². The van der Waals surface area contributed by atoms with E-state index in [4.69, 9.17) is 10.5 Å². The molecule has 2 aromatic heterocycles. The van der Waals surface area contributed by atoms with Crippen molar-refractivity contribution in [2.45, 2.75) is 26.3 Å². The summed E-state index contributed by atoms with van der Waals surface area (Å²) in [6, 6.07) is 2.39. The van der Waals surface area contributed by atoms with Gasteiger partial charge in [0.15, 0.2) is 0 Å². The van der Waals surface area contributed by atoms with Gasteiger partial charge < -0.3 is 15.4 Å². The van der Waals surface area contributed by atoms with Crippen LogP contribution in [0.4, 0.5) is 11.8 Å². The number of methoxy groups -OCH3 is 1. The molecule has 1 unspecified atom stereocenters. The number of fused-ring (bicyclic) bond motifs is 1. The fourth-order valence-electron chi connectivity index (χ4n) is 1.98. The lowest BCUT2D eigenvalue weighted by molar-refractivity contribution is 0.183. The number of anilines is 2. The molecule has 1 atom stereocenters. The minimum atomic E-state index is 0.229. The maximum atomic E-state index is 5.81. The molecular formula is C13H20N4OS. The zero-order valence-corrected chi connectivity index (χ0v) is 12.6. The molecule has 0 aromatic carbocycles. The first-order valence-corrected chi connectivity index (χ1v) is 7.16. The highest BCUT2D eigenvalue weighted by atomic mass is 32.1. The average molecular weight is 280 g/mol. The lowest BCUT2D eigenvalue weighted by Gasteiger charge is -2.25. The minimum Gasteiger partial charge on any atom is -0.383 e. The molecule has 5 nitrogen and oxygen atoms in total. The first-order chi connectivity index (χ1) is 9.06. The Kier molecular flexibility index (Phi) is 4.21. The van der Waals surface area contributed by atoms with Crippen LogP contribution in [0.25, 0.3) is 10.2 Å². The van der Waals surface area contributed by atoms with E-state index in [1.807, 2.05) is 7.05 Å². The number of nitrogens with two attached hydrogens (primary N) is 1. The minimum absolute atomic E-state index is 0.229. The van der Waals surface area contributed by atoms with E-state index >= 15 is 0 Å². The van der Waals surface area contributed by atoms with Crippen molar-refractivity contribution in [1.82, 2.24) is 9.97 Å². The Hall–Kier alpha value is -1.40. The van der Waals surface area contributed by atoms with Crippen LogP contribution >= 0.6 is 11.3 Å². The summed E-state index contributed by atoms with van der Waals surface area (Å²) >= 11 is 1.68. The number of nitrogen functional groups attached to an aromatic ring is 1. The largest absolute Gasteiger partial charge is 0.383 e. The molecule has 0 radical (unpaired) electrons. The fourth-order valence-corrected chi connectivity index (χ4v) is 2.95. The molecule has 2 rings (SSSR count). The third-order valence-electron chi connectivity index (χ3n) is 3.19. The Morgan fingerprint density at radius 1 is 1.47 bits per heavy atom. The molecule has 0 saturated carbocycles. The molecule has 19 heavy (non-hydrogen) atoms. The number of rotatable bonds is 5. The zero-order valence-electron chi connectivity index (χ0n) is 11.8. The highest BCUT2D eigenvalue weighted by Crippen LogP contribution is 2.32. The van der Waals surface area contributed by atoms with Crippen LogP contribution in [0.15, 0.2) is 6.07 Å². The molecule has 0 aliphatic rings. The van der Waals surface area contributed by atoms with E-state index in [1.54, 1.807) is 18.4 Å². The van der Waals surface area contributed by atoms with Crippen molar-refractivity contribution >= 4 is 33.3 Å². The third-order valence-corrected chi connectivity index (χ3v) is 4.37. The second kappa shape index (κ2) is 5.71. The number of hydrogen-bond acceptors (Lipinski definition) is 6. The lowest BCUT2D eigenvalue weighted by atomic mass is 10.2. The second-order valence-corrected chi connectivity index (χ2v) is 5.72. The van der Waals surface area contributed by atoms with Gasteiger partial charge in [0.2, 0.25) is 5.95 Å². The summed E-state index contributed by atoms with van der Waals surface area (Å²) in [7, 11) is 3.71. The molecule has 0 spiro atoms. The molecule has 2 N–H and O–H groups in total. The van der Waals surface area contributed by atoms with Gasteiger partial charge >= 0.3 is 0 Å². The van der Waals surface area contributed by atoms with Crippen LogP contribution in [0.2, 0.25) is 0 Å². The summed E-state index contributed by atoms with van der Waals surface area (Å²) in [5, 5.41) is 1.07. The van der Waals surface area contributed by atoms with Gasteiger partial charge in [-0.05, 0) is 19.4 Å². The van der Waals surface area contributed by atoms with Crippen LogP contribution in [-0.4, -0.2) is 36.8 Å². The summed E-state index contributed by atoms with van der Waals surface area (Å²) < 4.78 is 5.20. The summed E-state index contributed by atoms with van der Waals surface area (Å²) in [6.45, 7) is 4.88. The van der Waals surface area contributed by atoms with Crippen molar-refractivity contribution in [3.05, 3.63) is 10.9 Å². The van der Waals surface area contributed by atoms with Crippen molar-refractivity contribution in [2.24, 2.45) is 0 Å². The monoisotopic (exact) mass is 280 g/mol. The Bertz CT molecular complexity index is 569. The van der Waals surface area contributed by atoms with Gasteiger partial charge in [0.1, 0.15) is 10.6 Å².